The maximum absolute atomic E-state index is 7.81. The molecule has 0 aliphatic carbocycles. The molecule has 0 fully saturated rings. The van der Waals surface area contributed by atoms with E-state index in [9.17, 15) is 0 Å². The Morgan fingerprint density at radius 3 is 2.84 bits per heavy atom. The van der Waals surface area contributed by atoms with Gasteiger partial charge in [0, 0.05) is 5.56 Å². The quantitative estimate of drug-likeness (QED) is 0.484. The van der Waals surface area contributed by atoms with Gasteiger partial charge in [-0.25, -0.2) is 4.98 Å². The third-order valence-corrected chi connectivity index (χ3v) is 3.18. The zero-order valence-corrected chi connectivity index (χ0v) is 13.6. The zero-order valence-electron chi connectivity index (χ0n) is 11.6. The molecule has 0 saturated heterocycles. The van der Waals surface area contributed by atoms with Crippen molar-refractivity contribution in [3.63, 3.8) is 0 Å². The van der Waals surface area contributed by atoms with Crippen LogP contribution in [0.4, 0.5) is 5.95 Å². The van der Waals surface area contributed by atoms with Gasteiger partial charge in [-0.3, -0.25) is 5.41 Å². The minimum atomic E-state index is -0.0147. The molecule has 0 radical (unpaired) electrons. The minimum absolute atomic E-state index is 0.0147. The maximum Gasteiger partial charge on any atom is 0.364 e. The van der Waals surface area contributed by atoms with E-state index in [1.165, 1.54) is 0 Å². The molecule has 2 aromatic rings. The average molecular weight is 276 g/mol. The van der Waals surface area contributed by atoms with Crippen LogP contribution in [0.1, 0.15) is 38.1 Å². The van der Waals surface area contributed by atoms with Crippen molar-refractivity contribution in [2.75, 3.05) is 10.9 Å². The van der Waals surface area contributed by atoms with Crippen LogP contribution in [0.2, 0.25) is 0 Å². The SMILES string of the molecule is CCOC(=N)c1nc([NH][AlH2])n2ncc(C(C)C)c2n1. The highest BCUT2D eigenvalue weighted by molar-refractivity contribution is 6.15. The Hall–Kier alpha value is -1.65. The molecule has 7 nitrogen and oxygen atoms in total. The first-order valence-electron chi connectivity index (χ1n) is 6.23. The summed E-state index contributed by atoms with van der Waals surface area (Å²) in [6, 6.07) is 0. The molecular formula is C11H17AlN6O. The lowest BCUT2D eigenvalue weighted by Gasteiger charge is -2.09. The van der Waals surface area contributed by atoms with Gasteiger partial charge in [-0.05, 0) is 12.8 Å². The van der Waals surface area contributed by atoms with E-state index in [4.69, 9.17) is 10.1 Å². The predicted molar refractivity (Wildman–Crippen MR) is 75.5 cm³/mol. The van der Waals surface area contributed by atoms with Gasteiger partial charge in [0.2, 0.25) is 11.8 Å². The van der Waals surface area contributed by atoms with Crippen LogP contribution in [0.25, 0.3) is 5.65 Å². The molecule has 2 aromatic heterocycles. The van der Waals surface area contributed by atoms with E-state index in [0.29, 0.717) is 18.5 Å². The number of aromatic nitrogens is 4. The summed E-state index contributed by atoms with van der Waals surface area (Å²) in [4.78, 5) is 8.67. The van der Waals surface area contributed by atoms with Crippen molar-refractivity contribution in [2.45, 2.75) is 26.7 Å². The number of ether oxygens (including phenoxy) is 1. The Bertz CT molecular complexity index is 608. The van der Waals surface area contributed by atoms with E-state index < -0.39 is 0 Å². The van der Waals surface area contributed by atoms with E-state index in [1.807, 2.05) is 6.92 Å². The molecule has 0 bridgehead atoms. The largest absolute Gasteiger partial charge is 0.476 e. The Kier molecular flexibility index (Phi) is 4.02. The van der Waals surface area contributed by atoms with Gasteiger partial charge in [0.05, 0.1) is 12.8 Å². The molecular weight excluding hydrogens is 259 g/mol. The standard InChI is InChI=1S/C11H15N6O.Al.2H/c1-4-18-8(12)9-15-10-7(6(2)3)5-14-17(10)11(13)16-9;;;/h5-6,12H,4H2,1-3H3,(H-,13,15,16);;;/q-1;+1;;. The van der Waals surface area contributed by atoms with Crippen LogP contribution >= 0.6 is 0 Å². The molecule has 0 spiro atoms. The highest BCUT2D eigenvalue weighted by atomic mass is 27.1. The van der Waals surface area contributed by atoms with Gasteiger partial charge in [0.25, 0.3) is 5.90 Å². The third-order valence-electron chi connectivity index (χ3n) is 2.73. The Balaban J connectivity index is 2.62. The van der Waals surface area contributed by atoms with Crippen molar-refractivity contribution in [1.29, 1.82) is 5.41 Å². The Morgan fingerprint density at radius 2 is 2.26 bits per heavy atom. The normalized spacial score (nSPS) is 10.9. The Morgan fingerprint density at radius 1 is 1.53 bits per heavy atom. The van der Waals surface area contributed by atoms with Gasteiger partial charge in [-0.2, -0.15) is 14.6 Å². The van der Waals surface area contributed by atoms with Crippen LogP contribution < -0.4 is 4.30 Å². The maximum atomic E-state index is 7.81. The van der Waals surface area contributed by atoms with Crippen LogP contribution in [-0.4, -0.2) is 48.6 Å². The summed E-state index contributed by atoms with van der Waals surface area (Å²) in [5.41, 5.74) is 1.76. The first kappa shape index (κ1) is 13.8. The number of hydrogen-bond donors (Lipinski definition) is 2. The first-order chi connectivity index (χ1) is 9.08. The minimum Gasteiger partial charge on any atom is -0.476 e. The molecule has 2 rings (SSSR count). The van der Waals surface area contributed by atoms with Crippen molar-refractivity contribution >= 4 is 34.0 Å². The summed E-state index contributed by atoms with van der Waals surface area (Å²) in [5, 5.41) is 12.1. The average Bonchev–Trinajstić information content (AvgIpc) is 2.81. The lowest BCUT2D eigenvalue weighted by Crippen LogP contribution is -2.15. The van der Waals surface area contributed by atoms with Gasteiger partial charge in [0.15, 0.2) is 5.65 Å². The fraction of sp³-hybridized carbons (Fsp3) is 0.455. The number of nitrogens with one attached hydrogen (secondary N) is 2. The van der Waals surface area contributed by atoms with Crippen molar-refractivity contribution in [3.8, 4) is 0 Å². The summed E-state index contributed by atoms with van der Waals surface area (Å²) in [6.07, 6.45) is 1.80. The van der Waals surface area contributed by atoms with E-state index in [0.717, 1.165) is 27.7 Å². The summed E-state index contributed by atoms with van der Waals surface area (Å²) >= 11 is 0.736. The smallest absolute Gasteiger partial charge is 0.364 e. The fourth-order valence-corrected chi connectivity index (χ4v) is 2.10. The van der Waals surface area contributed by atoms with E-state index >= 15 is 0 Å². The molecule has 2 N–H and O–H groups in total. The van der Waals surface area contributed by atoms with Gasteiger partial charge >= 0.3 is 16.5 Å². The zero-order chi connectivity index (χ0) is 14.0. The molecule has 100 valence electrons. The molecule has 0 saturated carbocycles. The van der Waals surface area contributed by atoms with Crippen molar-refractivity contribution < 1.29 is 4.74 Å². The summed E-state index contributed by atoms with van der Waals surface area (Å²) in [5.74, 6) is 1.18. The van der Waals surface area contributed by atoms with Crippen LogP contribution in [-0.2, 0) is 4.74 Å². The monoisotopic (exact) mass is 276 g/mol. The highest BCUT2D eigenvalue weighted by Crippen LogP contribution is 2.20. The number of nitrogens with zero attached hydrogens (tertiary/aromatic N) is 4. The number of anilines is 1. The van der Waals surface area contributed by atoms with E-state index in [-0.39, 0.29) is 11.7 Å². The molecule has 0 aliphatic heterocycles. The molecule has 0 aliphatic rings. The van der Waals surface area contributed by atoms with Gasteiger partial charge in [-0.1, -0.05) is 13.8 Å². The lowest BCUT2D eigenvalue weighted by molar-refractivity contribution is 0.323. The van der Waals surface area contributed by atoms with Crippen LogP contribution in [0.5, 0.6) is 0 Å². The molecule has 0 aromatic carbocycles. The molecule has 2 heterocycles. The summed E-state index contributed by atoms with van der Waals surface area (Å²) < 4.78 is 9.93. The number of fused-ring (bicyclic) bond motifs is 1. The van der Waals surface area contributed by atoms with E-state index in [2.05, 4.69) is 33.2 Å². The van der Waals surface area contributed by atoms with Crippen molar-refractivity contribution in [3.05, 3.63) is 17.6 Å². The molecule has 8 heteroatoms. The lowest BCUT2D eigenvalue weighted by atomic mass is 10.1. The second kappa shape index (κ2) is 5.55. The fourth-order valence-electron chi connectivity index (χ4n) is 1.77. The highest BCUT2D eigenvalue weighted by Gasteiger charge is 2.16. The summed E-state index contributed by atoms with van der Waals surface area (Å²) in [7, 11) is 0. The van der Waals surface area contributed by atoms with Crippen LogP contribution in [0.3, 0.4) is 0 Å². The third kappa shape index (κ3) is 2.55. The molecule has 0 unspecified atom stereocenters. The molecule has 19 heavy (non-hydrogen) atoms. The van der Waals surface area contributed by atoms with Gasteiger partial charge in [-0.15, -0.1) is 0 Å². The van der Waals surface area contributed by atoms with Gasteiger partial charge in [0.1, 0.15) is 0 Å². The second-order valence-corrected chi connectivity index (χ2v) is 4.87. The van der Waals surface area contributed by atoms with E-state index in [1.54, 1.807) is 10.7 Å². The second-order valence-electron chi connectivity index (χ2n) is 4.37. The van der Waals surface area contributed by atoms with Crippen LogP contribution in [0, 0.1) is 5.41 Å². The topological polar surface area (TPSA) is 88.2 Å². The van der Waals surface area contributed by atoms with Crippen molar-refractivity contribution in [1.82, 2.24) is 19.6 Å². The Labute approximate surface area is 119 Å². The van der Waals surface area contributed by atoms with Gasteiger partial charge < -0.3 is 9.04 Å². The summed E-state index contributed by atoms with van der Waals surface area (Å²) in [6.45, 7) is 6.42. The predicted octanol–water partition coefficient (Wildman–Crippen LogP) is 0.570. The first-order valence-corrected chi connectivity index (χ1v) is 7.23. The van der Waals surface area contributed by atoms with Crippen LogP contribution in [0.15, 0.2) is 6.20 Å². The van der Waals surface area contributed by atoms with Crippen molar-refractivity contribution in [2.24, 2.45) is 0 Å². The number of rotatable bonds is 4. The number of hydrogen-bond acceptors (Lipinski definition) is 6. The molecule has 0 amide bonds. The molecule has 0 atom stereocenters.